The number of rotatable bonds is 9. The van der Waals surface area contributed by atoms with E-state index < -0.39 is 55.5 Å². The summed E-state index contributed by atoms with van der Waals surface area (Å²) in [6, 6.07) is 4.53. The molecule has 0 aliphatic carbocycles. The summed E-state index contributed by atoms with van der Waals surface area (Å²) in [7, 11) is -4.13. The van der Waals surface area contributed by atoms with Crippen LogP contribution in [0.3, 0.4) is 0 Å². The van der Waals surface area contributed by atoms with Crippen LogP contribution in [0.25, 0.3) is 0 Å². The Hall–Kier alpha value is -2.48. The number of β-lactam (4-membered cyclic amide) rings is 1. The largest absolute Gasteiger partial charge is 0.477 e. The van der Waals surface area contributed by atoms with Crippen molar-refractivity contribution in [2.24, 2.45) is 5.92 Å². The summed E-state index contributed by atoms with van der Waals surface area (Å²) in [5.74, 6) is -2.22. The van der Waals surface area contributed by atoms with Crippen LogP contribution < -0.4 is 4.72 Å². The first-order chi connectivity index (χ1) is 14.1. The standard InChI is InChI=1S/C17H19N3O8S2/c1-9(21)14-11-8-12(15(17(23)24)19(11)16(14)22)29-7-6-18-30(27,28)13-5-3-2-4-10(13)20(25)26/h2-5,9,11,14,18,21H,6-8H2,1H3,(H,23,24)/t9-,11-,14-/m1/s1. The summed E-state index contributed by atoms with van der Waals surface area (Å²) in [5.41, 5.74) is -0.690. The normalized spacial score (nSPS) is 21.9. The van der Waals surface area contributed by atoms with E-state index in [0.717, 1.165) is 23.9 Å². The van der Waals surface area contributed by atoms with Gasteiger partial charge in [0, 0.05) is 29.7 Å². The second kappa shape index (κ2) is 8.34. The molecule has 0 radical (unpaired) electrons. The molecule has 2 heterocycles. The summed E-state index contributed by atoms with van der Waals surface area (Å²) in [6.45, 7) is 1.37. The van der Waals surface area contributed by atoms with Gasteiger partial charge in [0.15, 0.2) is 4.90 Å². The van der Waals surface area contributed by atoms with Gasteiger partial charge < -0.3 is 15.1 Å². The maximum atomic E-state index is 12.4. The van der Waals surface area contributed by atoms with Gasteiger partial charge in [0.1, 0.15) is 5.70 Å². The molecule has 1 aromatic rings. The first kappa shape index (κ1) is 22.2. The first-order valence-corrected chi connectivity index (χ1v) is 11.4. The van der Waals surface area contributed by atoms with E-state index in [0.29, 0.717) is 4.91 Å². The molecular formula is C17H19N3O8S2. The Balaban J connectivity index is 1.65. The SMILES string of the molecule is C[C@@H](O)[C@H]1C(=O)N2C(C(=O)O)=C(SCCNS(=O)(=O)c3ccccc3[N+](=O)[O-])C[C@H]12. The van der Waals surface area contributed by atoms with E-state index >= 15 is 0 Å². The molecule has 0 aromatic heterocycles. The molecule has 3 N–H and O–H groups in total. The van der Waals surface area contributed by atoms with Gasteiger partial charge >= 0.3 is 5.97 Å². The summed E-state index contributed by atoms with van der Waals surface area (Å²) >= 11 is 1.09. The molecule has 3 atom stereocenters. The molecule has 30 heavy (non-hydrogen) atoms. The molecular weight excluding hydrogens is 438 g/mol. The van der Waals surface area contributed by atoms with Gasteiger partial charge in [0.05, 0.1) is 23.0 Å². The minimum Gasteiger partial charge on any atom is -0.477 e. The van der Waals surface area contributed by atoms with Crippen LogP contribution in [0.5, 0.6) is 0 Å². The van der Waals surface area contributed by atoms with Crippen molar-refractivity contribution in [3.63, 3.8) is 0 Å². The number of amides is 1. The van der Waals surface area contributed by atoms with Crippen LogP contribution in [0, 0.1) is 16.0 Å². The number of sulfonamides is 1. The Morgan fingerprint density at radius 2 is 2.10 bits per heavy atom. The van der Waals surface area contributed by atoms with Crippen molar-refractivity contribution in [2.45, 2.75) is 30.4 Å². The number of benzene rings is 1. The highest BCUT2D eigenvalue weighted by Gasteiger charge is 2.56. The number of carboxylic acids is 1. The Labute approximate surface area is 176 Å². The van der Waals surface area contributed by atoms with Crippen molar-refractivity contribution < 1.29 is 33.1 Å². The van der Waals surface area contributed by atoms with E-state index in [1.54, 1.807) is 0 Å². The third-order valence-electron chi connectivity index (χ3n) is 4.91. The molecule has 11 nitrogen and oxygen atoms in total. The lowest BCUT2D eigenvalue weighted by atomic mass is 9.83. The van der Waals surface area contributed by atoms with Crippen LogP contribution in [-0.2, 0) is 19.6 Å². The Morgan fingerprint density at radius 3 is 2.70 bits per heavy atom. The lowest BCUT2D eigenvalue weighted by Crippen LogP contribution is -2.61. The van der Waals surface area contributed by atoms with Gasteiger partial charge in [-0.3, -0.25) is 14.9 Å². The predicted octanol–water partition coefficient (Wildman–Crippen LogP) is 0.514. The van der Waals surface area contributed by atoms with E-state index in [-0.39, 0.29) is 24.4 Å². The van der Waals surface area contributed by atoms with E-state index in [2.05, 4.69) is 4.72 Å². The smallest absolute Gasteiger partial charge is 0.353 e. The number of nitrogens with one attached hydrogen (secondary N) is 1. The van der Waals surface area contributed by atoms with E-state index in [9.17, 15) is 38.3 Å². The van der Waals surface area contributed by atoms with Crippen LogP contribution in [0.4, 0.5) is 5.69 Å². The summed E-state index contributed by atoms with van der Waals surface area (Å²) in [5, 5.41) is 30.2. The van der Waals surface area contributed by atoms with E-state index in [1.807, 2.05) is 0 Å². The van der Waals surface area contributed by atoms with E-state index in [4.69, 9.17) is 0 Å². The summed E-state index contributed by atoms with van der Waals surface area (Å²) in [4.78, 5) is 35.1. The fourth-order valence-electron chi connectivity index (χ4n) is 3.62. The van der Waals surface area contributed by atoms with Gasteiger partial charge in [-0.15, -0.1) is 11.8 Å². The fourth-order valence-corrected chi connectivity index (χ4v) is 6.02. The highest BCUT2D eigenvalue weighted by molar-refractivity contribution is 8.03. The van der Waals surface area contributed by atoms with Crippen LogP contribution in [0.1, 0.15) is 13.3 Å². The third-order valence-corrected chi connectivity index (χ3v) is 7.54. The van der Waals surface area contributed by atoms with Gasteiger partial charge in [0.25, 0.3) is 5.69 Å². The average Bonchev–Trinajstić information content (AvgIpc) is 2.99. The zero-order valence-electron chi connectivity index (χ0n) is 15.7. The number of aliphatic carboxylic acids is 1. The number of para-hydroxylation sites is 1. The number of carbonyl (C=O) groups excluding carboxylic acids is 1. The number of nitro groups is 1. The Kier molecular flexibility index (Phi) is 6.17. The fraction of sp³-hybridized carbons (Fsp3) is 0.412. The zero-order chi connectivity index (χ0) is 22.2. The molecule has 1 saturated heterocycles. The maximum absolute atomic E-state index is 12.4. The van der Waals surface area contributed by atoms with Gasteiger partial charge in [0.2, 0.25) is 15.9 Å². The molecule has 2 aliphatic heterocycles. The van der Waals surface area contributed by atoms with Crippen molar-refractivity contribution in [3.05, 3.63) is 45.0 Å². The molecule has 0 spiro atoms. The van der Waals surface area contributed by atoms with Crippen LogP contribution >= 0.6 is 11.8 Å². The minimum atomic E-state index is -4.13. The first-order valence-electron chi connectivity index (χ1n) is 8.89. The third kappa shape index (κ3) is 3.93. The van der Waals surface area contributed by atoms with Crippen molar-refractivity contribution in [1.29, 1.82) is 0 Å². The van der Waals surface area contributed by atoms with Gasteiger partial charge in [-0.25, -0.2) is 17.9 Å². The highest BCUT2D eigenvalue weighted by Crippen LogP contribution is 2.46. The quantitative estimate of drug-likeness (QED) is 0.207. The second-order valence-corrected chi connectivity index (χ2v) is 9.72. The van der Waals surface area contributed by atoms with Crippen LogP contribution in [0.2, 0.25) is 0 Å². The number of carboxylic acid groups (broad SMARTS) is 1. The Bertz CT molecular complexity index is 1040. The van der Waals surface area contributed by atoms with Crippen molar-refractivity contribution in [2.75, 3.05) is 12.3 Å². The number of fused-ring (bicyclic) bond motifs is 1. The minimum absolute atomic E-state index is 0.103. The number of thioether (sulfide) groups is 1. The molecule has 0 unspecified atom stereocenters. The number of nitro benzene ring substituents is 1. The molecule has 2 aliphatic rings. The zero-order valence-corrected chi connectivity index (χ0v) is 17.4. The lowest BCUT2D eigenvalue weighted by Gasteiger charge is -2.44. The molecule has 3 rings (SSSR count). The van der Waals surface area contributed by atoms with Crippen molar-refractivity contribution in [3.8, 4) is 0 Å². The molecule has 0 saturated carbocycles. The number of aliphatic hydroxyl groups is 1. The summed E-state index contributed by atoms with van der Waals surface area (Å²) < 4.78 is 27.0. The highest BCUT2D eigenvalue weighted by atomic mass is 32.2. The molecule has 13 heteroatoms. The molecule has 1 fully saturated rings. The van der Waals surface area contributed by atoms with Crippen LogP contribution in [-0.4, -0.2) is 64.8 Å². The number of carbonyl (C=O) groups is 2. The molecule has 162 valence electrons. The predicted molar refractivity (Wildman–Crippen MR) is 106 cm³/mol. The molecule has 1 aromatic carbocycles. The number of nitrogens with zero attached hydrogens (tertiary/aromatic N) is 2. The summed E-state index contributed by atoms with van der Waals surface area (Å²) in [6.07, 6.45) is -0.628. The Morgan fingerprint density at radius 1 is 1.43 bits per heavy atom. The molecule has 0 bridgehead atoms. The number of hydrogen-bond acceptors (Lipinski definition) is 8. The second-order valence-electron chi connectivity index (χ2n) is 6.79. The van der Waals surface area contributed by atoms with Gasteiger partial charge in [-0.1, -0.05) is 12.1 Å². The monoisotopic (exact) mass is 457 g/mol. The number of aliphatic hydroxyl groups excluding tert-OH is 1. The van der Waals surface area contributed by atoms with Crippen LogP contribution in [0.15, 0.2) is 39.8 Å². The van der Waals surface area contributed by atoms with Gasteiger partial charge in [-0.2, -0.15) is 0 Å². The topological polar surface area (TPSA) is 167 Å². The van der Waals surface area contributed by atoms with Crippen molar-refractivity contribution in [1.82, 2.24) is 9.62 Å². The average molecular weight is 457 g/mol. The molecule has 1 amide bonds. The lowest BCUT2D eigenvalue weighted by molar-refractivity contribution is -0.387. The number of hydrogen-bond donors (Lipinski definition) is 3. The van der Waals surface area contributed by atoms with E-state index in [1.165, 1.54) is 24.0 Å². The van der Waals surface area contributed by atoms with Gasteiger partial charge in [-0.05, 0) is 13.0 Å². The maximum Gasteiger partial charge on any atom is 0.353 e. The van der Waals surface area contributed by atoms with Crippen molar-refractivity contribution >= 4 is 39.3 Å².